The second kappa shape index (κ2) is 9.10. The molecule has 1 aliphatic carbocycles. The Labute approximate surface area is 213 Å². The van der Waals surface area contributed by atoms with Gasteiger partial charge in [0.05, 0.1) is 15.6 Å². The van der Waals surface area contributed by atoms with Gasteiger partial charge in [-0.1, -0.05) is 31.2 Å². The van der Waals surface area contributed by atoms with Crippen molar-refractivity contribution in [1.29, 1.82) is 0 Å². The van der Waals surface area contributed by atoms with E-state index in [0.29, 0.717) is 61.3 Å². The topological polar surface area (TPSA) is 125 Å². The van der Waals surface area contributed by atoms with Crippen LogP contribution >= 0.6 is 0 Å². The van der Waals surface area contributed by atoms with Gasteiger partial charge in [-0.25, -0.2) is 9.98 Å². The summed E-state index contributed by atoms with van der Waals surface area (Å²) in [6.45, 7) is 4.41. The normalized spacial score (nSPS) is 24.4. The Hall–Kier alpha value is -4.08. The Morgan fingerprint density at radius 3 is 2.54 bits per heavy atom. The first-order valence-electron chi connectivity index (χ1n) is 12.7. The van der Waals surface area contributed by atoms with Crippen molar-refractivity contribution >= 4 is 41.1 Å². The molecule has 10 nitrogen and oxygen atoms in total. The number of allylic oxidation sites excluding steroid dienone is 1. The monoisotopic (exact) mass is 500 g/mol. The summed E-state index contributed by atoms with van der Waals surface area (Å²) < 4.78 is 0. The number of nitro benzene ring substituents is 1. The van der Waals surface area contributed by atoms with Crippen LogP contribution < -0.4 is 10.7 Å². The minimum Gasteiger partial charge on any atom is -0.338 e. The van der Waals surface area contributed by atoms with E-state index in [1.807, 2.05) is 11.0 Å². The van der Waals surface area contributed by atoms with Crippen LogP contribution in [-0.2, 0) is 4.79 Å². The van der Waals surface area contributed by atoms with Gasteiger partial charge in [0, 0.05) is 55.7 Å². The fourth-order valence-electron chi connectivity index (χ4n) is 5.79. The number of nitrogens with one attached hydrogen (secondary N) is 1. The fourth-order valence-corrected chi connectivity index (χ4v) is 5.79. The molecule has 1 aromatic heterocycles. The molecule has 190 valence electrons. The van der Waals surface area contributed by atoms with Crippen molar-refractivity contribution in [2.75, 3.05) is 26.2 Å². The number of aliphatic imine (C=N–C) groups is 1. The molecule has 4 aliphatic rings. The Bertz CT molecular complexity index is 1470. The predicted molar refractivity (Wildman–Crippen MR) is 138 cm³/mol. The van der Waals surface area contributed by atoms with E-state index in [0.717, 1.165) is 23.5 Å². The van der Waals surface area contributed by atoms with E-state index >= 15 is 0 Å². The number of H-pyrrole nitrogens is 1. The molecule has 37 heavy (non-hydrogen) atoms. The summed E-state index contributed by atoms with van der Waals surface area (Å²) in [7, 11) is 0. The van der Waals surface area contributed by atoms with Crippen LogP contribution in [0.4, 0.5) is 5.69 Å². The smallest absolute Gasteiger partial charge is 0.270 e. The number of aromatic nitrogens is 2. The molecule has 2 saturated heterocycles. The molecule has 3 unspecified atom stereocenters. The van der Waals surface area contributed by atoms with Crippen molar-refractivity contribution in [2.24, 2.45) is 22.7 Å². The molecular weight excluding hydrogens is 472 g/mol. The van der Waals surface area contributed by atoms with Crippen molar-refractivity contribution in [1.82, 2.24) is 19.8 Å². The molecule has 0 bridgehead atoms. The van der Waals surface area contributed by atoms with Gasteiger partial charge < -0.3 is 14.8 Å². The number of imidazole rings is 1. The van der Waals surface area contributed by atoms with E-state index in [1.165, 1.54) is 18.2 Å². The summed E-state index contributed by atoms with van der Waals surface area (Å²) in [5.74, 6) is 1.30. The number of nitro groups is 1. The third kappa shape index (κ3) is 4.36. The fraction of sp³-hybridized carbons (Fsp3) is 0.407. The van der Waals surface area contributed by atoms with Crippen LogP contribution in [0.25, 0.3) is 17.8 Å². The maximum atomic E-state index is 13.4. The lowest BCUT2D eigenvalue weighted by atomic mass is 10.0. The number of non-ortho nitro benzene ring substituents is 1. The number of hydrogen-bond donors (Lipinski definition) is 1. The maximum absolute atomic E-state index is 13.4. The molecular formula is C27H28N6O4. The van der Waals surface area contributed by atoms with Gasteiger partial charge in [-0.3, -0.25) is 19.7 Å². The van der Waals surface area contributed by atoms with E-state index in [-0.39, 0.29) is 29.3 Å². The highest BCUT2D eigenvalue weighted by molar-refractivity contribution is 6.39. The van der Waals surface area contributed by atoms with Gasteiger partial charge >= 0.3 is 0 Å². The van der Waals surface area contributed by atoms with Gasteiger partial charge in [0.1, 0.15) is 11.4 Å². The van der Waals surface area contributed by atoms with Crippen LogP contribution in [-0.4, -0.2) is 68.4 Å². The lowest BCUT2D eigenvalue weighted by molar-refractivity contribution is -0.384. The average molecular weight is 501 g/mol. The van der Waals surface area contributed by atoms with E-state index < -0.39 is 4.92 Å². The van der Waals surface area contributed by atoms with Crippen molar-refractivity contribution < 1.29 is 14.5 Å². The number of hydrogen-bond acceptors (Lipinski definition) is 6. The zero-order chi connectivity index (χ0) is 25.7. The lowest BCUT2D eigenvalue weighted by Crippen LogP contribution is -2.39. The second-order valence-corrected chi connectivity index (χ2v) is 10.4. The second-order valence-electron chi connectivity index (χ2n) is 10.4. The quantitative estimate of drug-likeness (QED) is 0.506. The SMILES string of the molecule is CC1C=c2[nH]c(C3=CCCC(C(=O)N4CC5CN(C(=O)c6cccc([N+](=O)[O-])c6)CC5C4)=N3)nc2=CC1. The Kier molecular flexibility index (Phi) is 5.73. The largest absolute Gasteiger partial charge is 0.338 e. The Morgan fingerprint density at radius 1 is 1.08 bits per heavy atom. The summed E-state index contributed by atoms with van der Waals surface area (Å²) in [6, 6.07) is 5.85. The third-order valence-corrected chi connectivity index (χ3v) is 7.72. The standard InChI is InChI=1S/C27H28N6O4/c1-16-8-9-21-24(10-16)30-25(29-21)22-6-3-7-23(28-22)27(35)32-14-18-12-31(13-19(18)15-32)26(34)17-4-2-5-20(11-17)33(36)37/h2,4-6,9-11,16,18-19H,3,7-8,12-15H2,1H3,(H,29,30). The first-order chi connectivity index (χ1) is 17.9. The van der Waals surface area contributed by atoms with Gasteiger partial charge in [0.2, 0.25) is 0 Å². The molecule has 10 heteroatoms. The maximum Gasteiger partial charge on any atom is 0.270 e. The Balaban J connectivity index is 1.12. The molecule has 0 radical (unpaired) electrons. The molecule has 1 N–H and O–H groups in total. The summed E-state index contributed by atoms with van der Waals surface area (Å²) in [5.41, 5.74) is 1.50. The number of benzene rings is 1. The highest BCUT2D eigenvalue weighted by Gasteiger charge is 2.44. The van der Waals surface area contributed by atoms with Crippen molar-refractivity contribution in [3.05, 3.63) is 62.5 Å². The predicted octanol–water partition coefficient (Wildman–Crippen LogP) is 1.72. The highest BCUT2D eigenvalue weighted by Crippen LogP contribution is 2.33. The van der Waals surface area contributed by atoms with Crippen LogP contribution in [0.5, 0.6) is 0 Å². The number of fused-ring (bicyclic) bond motifs is 2. The number of likely N-dealkylation sites (tertiary alicyclic amines) is 2. The van der Waals surface area contributed by atoms with Crippen LogP contribution in [0.2, 0.25) is 0 Å². The van der Waals surface area contributed by atoms with Crippen LogP contribution in [0.1, 0.15) is 42.4 Å². The summed E-state index contributed by atoms with van der Waals surface area (Å²) >= 11 is 0. The molecule has 3 atom stereocenters. The molecule has 0 saturated carbocycles. The first kappa shape index (κ1) is 23.3. The van der Waals surface area contributed by atoms with Gasteiger partial charge in [-0.15, -0.1) is 0 Å². The lowest BCUT2D eigenvalue weighted by Gasteiger charge is -2.23. The average Bonchev–Trinajstić information content (AvgIpc) is 3.61. The molecule has 2 aromatic rings. The van der Waals surface area contributed by atoms with Crippen molar-refractivity contribution in [2.45, 2.75) is 26.2 Å². The number of nitrogens with zero attached hydrogens (tertiary/aromatic N) is 5. The highest BCUT2D eigenvalue weighted by atomic mass is 16.6. The molecule has 4 heterocycles. The molecule has 1 aromatic carbocycles. The number of aromatic amines is 1. The molecule has 3 aliphatic heterocycles. The van der Waals surface area contributed by atoms with E-state index in [4.69, 9.17) is 9.98 Å². The summed E-state index contributed by atoms with van der Waals surface area (Å²) in [5, 5.41) is 13.0. The summed E-state index contributed by atoms with van der Waals surface area (Å²) in [4.78, 5) is 53.3. The molecule has 6 rings (SSSR count). The number of carbonyl (C=O) groups excluding carboxylic acids is 2. The zero-order valence-corrected chi connectivity index (χ0v) is 20.6. The zero-order valence-electron chi connectivity index (χ0n) is 20.6. The molecule has 2 amide bonds. The van der Waals surface area contributed by atoms with Gasteiger partial charge in [-0.2, -0.15) is 0 Å². The third-order valence-electron chi connectivity index (χ3n) is 7.72. The molecule has 0 spiro atoms. The molecule has 2 fully saturated rings. The number of rotatable bonds is 4. The number of amides is 2. The number of carbonyl (C=O) groups is 2. The minimum atomic E-state index is -0.495. The van der Waals surface area contributed by atoms with Gasteiger partial charge in [-0.05, 0) is 31.2 Å². The van der Waals surface area contributed by atoms with Crippen molar-refractivity contribution in [3.63, 3.8) is 0 Å². The van der Waals surface area contributed by atoms with Gasteiger partial charge in [0.15, 0.2) is 5.82 Å². The van der Waals surface area contributed by atoms with Crippen LogP contribution in [0.3, 0.4) is 0 Å². The van der Waals surface area contributed by atoms with Crippen molar-refractivity contribution in [3.8, 4) is 0 Å². The van der Waals surface area contributed by atoms with E-state index in [2.05, 4.69) is 24.1 Å². The van der Waals surface area contributed by atoms with Crippen LogP contribution in [0, 0.1) is 27.9 Å². The van der Waals surface area contributed by atoms with Gasteiger partial charge in [0.25, 0.3) is 17.5 Å². The van der Waals surface area contributed by atoms with Crippen LogP contribution in [0.15, 0.2) is 35.3 Å². The minimum absolute atomic E-state index is 0.0420. The van der Waals surface area contributed by atoms with E-state index in [1.54, 1.807) is 11.0 Å². The first-order valence-corrected chi connectivity index (χ1v) is 12.7. The Morgan fingerprint density at radius 2 is 1.81 bits per heavy atom. The van der Waals surface area contributed by atoms with E-state index in [9.17, 15) is 19.7 Å². The summed E-state index contributed by atoms with van der Waals surface area (Å²) in [6.07, 6.45) is 8.65.